The minimum atomic E-state index is 0.520. The molecular weight excluding hydrogens is 242 g/mol. The summed E-state index contributed by atoms with van der Waals surface area (Å²) in [6.45, 7) is 6.58. The van der Waals surface area contributed by atoms with E-state index in [0.717, 1.165) is 5.69 Å². The summed E-state index contributed by atoms with van der Waals surface area (Å²) in [6, 6.07) is 17.2. The predicted octanol–water partition coefficient (Wildman–Crippen LogP) is 5.33. The molecule has 0 fully saturated rings. The number of benzene rings is 2. The lowest BCUT2D eigenvalue weighted by molar-refractivity contribution is 0.876. The summed E-state index contributed by atoms with van der Waals surface area (Å²) in [6.07, 6.45) is 1.92. The van der Waals surface area contributed by atoms with Crippen LogP contribution in [0.15, 0.2) is 54.7 Å². The van der Waals surface area contributed by atoms with Gasteiger partial charge < -0.3 is 0 Å². The molecule has 2 aromatic carbocycles. The maximum Gasteiger partial charge on any atom is 0.0780 e. The average molecular weight is 261 g/mol. The van der Waals surface area contributed by atoms with Crippen molar-refractivity contribution < 1.29 is 0 Å². The van der Waals surface area contributed by atoms with Crippen molar-refractivity contribution >= 4 is 10.8 Å². The van der Waals surface area contributed by atoms with Crippen molar-refractivity contribution in [1.29, 1.82) is 0 Å². The molecule has 0 N–H and O–H groups in total. The molecule has 0 atom stereocenters. The van der Waals surface area contributed by atoms with Gasteiger partial charge in [-0.15, -0.1) is 0 Å². The van der Waals surface area contributed by atoms with Crippen LogP contribution in [-0.2, 0) is 0 Å². The molecule has 0 unspecified atom stereocenters. The van der Waals surface area contributed by atoms with Gasteiger partial charge in [-0.05, 0) is 29.9 Å². The predicted molar refractivity (Wildman–Crippen MR) is 86.0 cm³/mol. The van der Waals surface area contributed by atoms with Crippen molar-refractivity contribution in [2.45, 2.75) is 26.7 Å². The van der Waals surface area contributed by atoms with E-state index in [4.69, 9.17) is 0 Å². The quantitative estimate of drug-likeness (QED) is 0.607. The topological polar surface area (TPSA) is 12.9 Å². The molecule has 1 nitrogen and oxygen atoms in total. The Morgan fingerprint density at radius 3 is 2.30 bits per heavy atom. The molecule has 0 radical (unpaired) electrons. The van der Waals surface area contributed by atoms with Crippen LogP contribution in [0.3, 0.4) is 0 Å². The first-order valence-corrected chi connectivity index (χ1v) is 7.11. The SMILES string of the molecule is Cc1ccc(-c2nccc3c(C(C)C)cccc23)cc1. The smallest absolute Gasteiger partial charge is 0.0780 e. The summed E-state index contributed by atoms with van der Waals surface area (Å²) < 4.78 is 0. The van der Waals surface area contributed by atoms with Crippen molar-refractivity contribution in [3.05, 3.63) is 65.9 Å². The number of pyridine rings is 1. The lowest BCUT2D eigenvalue weighted by atomic mass is 9.94. The molecule has 0 aliphatic carbocycles. The Balaban J connectivity index is 2.27. The molecule has 100 valence electrons. The monoisotopic (exact) mass is 261 g/mol. The molecule has 1 heteroatoms. The van der Waals surface area contributed by atoms with E-state index in [1.165, 1.54) is 27.5 Å². The Labute approximate surface area is 120 Å². The van der Waals surface area contributed by atoms with Gasteiger partial charge in [0.25, 0.3) is 0 Å². The van der Waals surface area contributed by atoms with Crippen LogP contribution in [-0.4, -0.2) is 4.98 Å². The highest BCUT2D eigenvalue weighted by atomic mass is 14.7. The molecule has 1 aromatic heterocycles. The Kier molecular flexibility index (Phi) is 3.27. The lowest BCUT2D eigenvalue weighted by Gasteiger charge is -2.12. The third-order valence-corrected chi connectivity index (χ3v) is 3.79. The van der Waals surface area contributed by atoms with Crippen LogP contribution in [0.4, 0.5) is 0 Å². The molecule has 0 aliphatic heterocycles. The van der Waals surface area contributed by atoms with Gasteiger partial charge in [0, 0.05) is 17.1 Å². The number of hydrogen-bond acceptors (Lipinski definition) is 1. The largest absolute Gasteiger partial charge is 0.256 e. The molecule has 0 bridgehead atoms. The lowest BCUT2D eigenvalue weighted by Crippen LogP contribution is -1.92. The van der Waals surface area contributed by atoms with Gasteiger partial charge in [-0.25, -0.2) is 0 Å². The summed E-state index contributed by atoms with van der Waals surface area (Å²) in [5.74, 6) is 0.520. The normalized spacial score (nSPS) is 11.2. The highest BCUT2D eigenvalue weighted by Crippen LogP contribution is 2.31. The number of aryl methyl sites for hydroxylation is 1. The van der Waals surface area contributed by atoms with E-state index in [1.807, 2.05) is 6.20 Å². The Morgan fingerprint density at radius 2 is 1.60 bits per heavy atom. The summed E-state index contributed by atoms with van der Waals surface area (Å²) in [4.78, 5) is 4.61. The zero-order valence-corrected chi connectivity index (χ0v) is 12.2. The fourth-order valence-corrected chi connectivity index (χ4v) is 2.68. The second-order valence-electron chi connectivity index (χ2n) is 5.62. The summed E-state index contributed by atoms with van der Waals surface area (Å²) >= 11 is 0. The zero-order chi connectivity index (χ0) is 14.1. The molecule has 0 aliphatic rings. The molecule has 0 saturated carbocycles. The molecule has 3 aromatic rings. The van der Waals surface area contributed by atoms with Crippen LogP contribution >= 0.6 is 0 Å². The van der Waals surface area contributed by atoms with E-state index in [9.17, 15) is 0 Å². The van der Waals surface area contributed by atoms with Gasteiger partial charge in [0.1, 0.15) is 0 Å². The number of hydrogen-bond donors (Lipinski definition) is 0. The molecular formula is C19H19N. The van der Waals surface area contributed by atoms with Gasteiger partial charge in [0.2, 0.25) is 0 Å². The minimum absolute atomic E-state index is 0.520. The standard InChI is InChI=1S/C19H19N/c1-13(2)16-5-4-6-18-17(16)11-12-20-19(18)15-9-7-14(3)8-10-15/h4-13H,1-3H3. The summed E-state index contributed by atoms with van der Waals surface area (Å²) in [5.41, 5.74) is 4.92. The average Bonchev–Trinajstić information content (AvgIpc) is 2.47. The van der Waals surface area contributed by atoms with Crippen molar-refractivity contribution in [2.24, 2.45) is 0 Å². The highest BCUT2D eigenvalue weighted by molar-refractivity contribution is 5.96. The molecule has 1 heterocycles. The Hall–Kier alpha value is -2.15. The van der Waals surface area contributed by atoms with Crippen LogP contribution in [0.2, 0.25) is 0 Å². The zero-order valence-electron chi connectivity index (χ0n) is 12.2. The van der Waals surface area contributed by atoms with E-state index >= 15 is 0 Å². The minimum Gasteiger partial charge on any atom is -0.256 e. The third kappa shape index (κ3) is 2.20. The van der Waals surface area contributed by atoms with Gasteiger partial charge >= 0.3 is 0 Å². The first kappa shape index (κ1) is 12.9. The van der Waals surface area contributed by atoms with Crippen LogP contribution in [0.5, 0.6) is 0 Å². The second-order valence-corrected chi connectivity index (χ2v) is 5.62. The first-order valence-electron chi connectivity index (χ1n) is 7.11. The fraction of sp³-hybridized carbons (Fsp3) is 0.211. The van der Waals surface area contributed by atoms with Gasteiger partial charge in [-0.3, -0.25) is 4.98 Å². The van der Waals surface area contributed by atoms with Gasteiger partial charge in [-0.1, -0.05) is 61.9 Å². The molecule has 0 saturated heterocycles. The third-order valence-electron chi connectivity index (χ3n) is 3.79. The summed E-state index contributed by atoms with van der Waals surface area (Å²) in [7, 11) is 0. The van der Waals surface area contributed by atoms with Gasteiger partial charge in [0.05, 0.1) is 5.69 Å². The van der Waals surface area contributed by atoms with Crippen molar-refractivity contribution in [2.75, 3.05) is 0 Å². The molecule has 0 amide bonds. The van der Waals surface area contributed by atoms with Crippen LogP contribution in [0, 0.1) is 6.92 Å². The highest BCUT2D eigenvalue weighted by Gasteiger charge is 2.09. The van der Waals surface area contributed by atoms with E-state index in [1.54, 1.807) is 0 Å². The van der Waals surface area contributed by atoms with Crippen molar-refractivity contribution in [1.82, 2.24) is 4.98 Å². The van der Waals surface area contributed by atoms with E-state index in [-0.39, 0.29) is 0 Å². The maximum atomic E-state index is 4.61. The second kappa shape index (κ2) is 5.09. The van der Waals surface area contributed by atoms with Crippen molar-refractivity contribution in [3.63, 3.8) is 0 Å². The van der Waals surface area contributed by atoms with Crippen LogP contribution in [0.1, 0.15) is 30.9 Å². The number of aromatic nitrogens is 1. The van der Waals surface area contributed by atoms with E-state index < -0.39 is 0 Å². The number of fused-ring (bicyclic) bond motifs is 1. The van der Waals surface area contributed by atoms with Crippen LogP contribution < -0.4 is 0 Å². The number of nitrogens with zero attached hydrogens (tertiary/aromatic N) is 1. The van der Waals surface area contributed by atoms with Gasteiger partial charge in [0.15, 0.2) is 0 Å². The fourth-order valence-electron chi connectivity index (χ4n) is 2.68. The molecule has 0 spiro atoms. The Morgan fingerprint density at radius 1 is 0.850 bits per heavy atom. The maximum absolute atomic E-state index is 4.61. The molecule has 20 heavy (non-hydrogen) atoms. The van der Waals surface area contributed by atoms with E-state index in [2.05, 4.69) is 74.3 Å². The van der Waals surface area contributed by atoms with Crippen LogP contribution in [0.25, 0.3) is 22.0 Å². The van der Waals surface area contributed by atoms with Gasteiger partial charge in [-0.2, -0.15) is 0 Å². The summed E-state index contributed by atoms with van der Waals surface area (Å²) in [5, 5.41) is 2.55. The van der Waals surface area contributed by atoms with E-state index in [0.29, 0.717) is 5.92 Å². The van der Waals surface area contributed by atoms with Crippen molar-refractivity contribution in [3.8, 4) is 11.3 Å². The Bertz CT molecular complexity index is 739. The number of rotatable bonds is 2. The first-order chi connectivity index (χ1) is 9.66. The molecule has 3 rings (SSSR count).